The number of carboxylic acids is 1. The molecule has 0 bridgehead atoms. The van der Waals surface area contributed by atoms with E-state index in [1.165, 1.54) is 0 Å². The monoisotopic (exact) mass is 364 g/mol. The summed E-state index contributed by atoms with van der Waals surface area (Å²) in [5.41, 5.74) is 0.827. The van der Waals surface area contributed by atoms with Gasteiger partial charge in [0.1, 0.15) is 0 Å². The number of benzene rings is 1. The first-order valence-electron chi connectivity index (χ1n) is 8.42. The number of hydrogen-bond donors (Lipinski definition) is 1. The Bertz CT molecular complexity index is 708. The lowest BCUT2D eigenvalue weighted by Gasteiger charge is -2.30. The first kappa shape index (κ1) is 17.7. The van der Waals surface area contributed by atoms with Crippen LogP contribution in [0, 0.1) is 5.92 Å². The topological polar surface area (TPSA) is 77.9 Å². The third-order valence-corrected chi connectivity index (χ3v) is 5.40. The summed E-state index contributed by atoms with van der Waals surface area (Å²) >= 11 is 6.08. The number of carbonyl (C=O) groups is 3. The van der Waals surface area contributed by atoms with Crippen LogP contribution in [0.4, 0.5) is 0 Å². The van der Waals surface area contributed by atoms with Gasteiger partial charge in [0.05, 0.1) is 18.4 Å². The summed E-state index contributed by atoms with van der Waals surface area (Å²) in [6.45, 7) is 0.549. The lowest BCUT2D eigenvalue weighted by molar-refractivity contribution is -0.141. The van der Waals surface area contributed by atoms with Crippen molar-refractivity contribution in [2.24, 2.45) is 5.92 Å². The van der Waals surface area contributed by atoms with Crippen LogP contribution >= 0.6 is 11.6 Å². The first-order chi connectivity index (χ1) is 11.9. The van der Waals surface area contributed by atoms with Gasteiger partial charge >= 0.3 is 5.97 Å². The van der Waals surface area contributed by atoms with Gasteiger partial charge in [-0.05, 0) is 30.5 Å². The number of likely N-dealkylation sites (tertiary alicyclic amines) is 2. The number of carboxylic acid groups (broad SMARTS) is 1. The van der Waals surface area contributed by atoms with Crippen LogP contribution in [0.1, 0.15) is 37.3 Å². The van der Waals surface area contributed by atoms with Gasteiger partial charge in [0.2, 0.25) is 11.8 Å². The van der Waals surface area contributed by atoms with Crippen molar-refractivity contribution in [2.45, 2.75) is 37.8 Å². The molecule has 0 aliphatic carbocycles. The Morgan fingerprint density at radius 2 is 2.12 bits per heavy atom. The van der Waals surface area contributed by atoms with Crippen molar-refractivity contribution in [1.82, 2.24) is 9.80 Å². The Kier molecular flexibility index (Phi) is 4.99. The van der Waals surface area contributed by atoms with E-state index in [9.17, 15) is 14.4 Å². The average molecular weight is 365 g/mol. The van der Waals surface area contributed by atoms with Crippen LogP contribution in [-0.2, 0) is 14.4 Å². The third kappa shape index (κ3) is 3.49. The number of nitrogens with zero attached hydrogens (tertiary/aromatic N) is 2. The fourth-order valence-corrected chi connectivity index (χ4v) is 4.19. The molecule has 2 heterocycles. The lowest BCUT2D eigenvalue weighted by Crippen LogP contribution is -2.42. The normalized spacial score (nSPS) is 26.3. The summed E-state index contributed by atoms with van der Waals surface area (Å²) in [6, 6.07) is 6.54. The summed E-state index contributed by atoms with van der Waals surface area (Å²) in [7, 11) is 1.69. The molecule has 0 saturated carbocycles. The average Bonchev–Trinajstić information content (AvgIpc) is 3.11. The highest BCUT2D eigenvalue weighted by Crippen LogP contribution is 2.40. The Hall–Kier alpha value is -2.08. The van der Waals surface area contributed by atoms with E-state index in [0.29, 0.717) is 18.0 Å². The second-order valence-electron chi connectivity index (χ2n) is 6.74. The van der Waals surface area contributed by atoms with E-state index in [4.69, 9.17) is 16.7 Å². The maximum Gasteiger partial charge on any atom is 0.305 e. The standard InChI is InChI=1S/C18H21ClN2O4/c1-20-15(22)10-14(17(20)11-4-2-5-12(19)8-11)18(25)21-7-3-6-13(21)9-16(23)24/h2,4-5,8,13-14,17H,3,6-7,9-10H2,1H3,(H,23,24). The fraction of sp³-hybridized carbons (Fsp3) is 0.500. The zero-order chi connectivity index (χ0) is 18.1. The Labute approximate surface area is 151 Å². The number of rotatable bonds is 4. The third-order valence-electron chi connectivity index (χ3n) is 5.16. The van der Waals surface area contributed by atoms with E-state index < -0.39 is 11.9 Å². The van der Waals surface area contributed by atoms with E-state index in [2.05, 4.69) is 0 Å². The molecular weight excluding hydrogens is 344 g/mol. The number of hydrogen-bond acceptors (Lipinski definition) is 3. The van der Waals surface area contributed by atoms with Gasteiger partial charge in [-0.2, -0.15) is 0 Å². The van der Waals surface area contributed by atoms with Gasteiger partial charge in [-0.1, -0.05) is 23.7 Å². The quantitative estimate of drug-likeness (QED) is 0.889. The van der Waals surface area contributed by atoms with Gasteiger partial charge in [0, 0.05) is 31.1 Å². The molecule has 3 unspecified atom stereocenters. The fourth-order valence-electron chi connectivity index (χ4n) is 3.99. The van der Waals surface area contributed by atoms with Gasteiger partial charge in [-0.25, -0.2) is 0 Å². The number of halogens is 1. The van der Waals surface area contributed by atoms with Crippen LogP contribution in [0.25, 0.3) is 0 Å². The summed E-state index contributed by atoms with van der Waals surface area (Å²) in [5.74, 6) is -1.63. The molecule has 25 heavy (non-hydrogen) atoms. The Morgan fingerprint density at radius 3 is 2.80 bits per heavy atom. The molecule has 6 nitrogen and oxygen atoms in total. The second kappa shape index (κ2) is 7.04. The summed E-state index contributed by atoms with van der Waals surface area (Å²) in [4.78, 5) is 39.7. The van der Waals surface area contributed by atoms with Crippen LogP contribution in [0.3, 0.4) is 0 Å². The molecule has 134 valence electrons. The highest BCUT2D eigenvalue weighted by atomic mass is 35.5. The molecule has 1 aromatic rings. The Morgan fingerprint density at radius 1 is 1.36 bits per heavy atom. The van der Waals surface area contributed by atoms with Gasteiger partial charge < -0.3 is 14.9 Å². The molecule has 0 spiro atoms. The molecule has 7 heteroatoms. The number of carbonyl (C=O) groups excluding carboxylic acids is 2. The van der Waals surface area contributed by atoms with Gasteiger partial charge in [0.25, 0.3) is 0 Å². The van der Waals surface area contributed by atoms with Crippen LogP contribution in [0.2, 0.25) is 5.02 Å². The predicted octanol–water partition coefficient (Wildman–Crippen LogP) is 2.33. The molecule has 2 aliphatic heterocycles. The van der Waals surface area contributed by atoms with Crippen molar-refractivity contribution in [3.05, 3.63) is 34.9 Å². The highest BCUT2D eigenvalue weighted by molar-refractivity contribution is 6.30. The molecule has 0 aromatic heterocycles. The molecule has 3 atom stereocenters. The minimum atomic E-state index is -0.907. The zero-order valence-corrected chi connectivity index (χ0v) is 14.8. The molecule has 2 fully saturated rings. The lowest BCUT2D eigenvalue weighted by atomic mass is 9.92. The molecular formula is C18H21ClN2O4. The van der Waals surface area contributed by atoms with Crippen molar-refractivity contribution < 1.29 is 19.5 Å². The van der Waals surface area contributed by atoms with Crippen molar-refractivity contribution in [2.75, 3.05) is 13.6 Å². The van der Waals surface area contributed by atoms with E-state index in [0.717, 1.165) is 12.0 Å². The molecule has 2 aliphatic rings. The van der Waals surface area contributed by atoms with Gasteiger partial charge in [0.15, 0.2) is 0 Å². The predicted molar refractivity (Wildman–Crippen MR) is 92.1 cm³/mol. The number of aliphatic carboxylic acids is 1. The maximum absolute atomic E-state index is 13.1. The smallest absolute Gasteiger partial charge is 0.305 e. The number of amides is 2. The molecule has 2 amide bonds. The van der Waals surface area contributed by atoms with E-state index in [1.54, 1.807) is 35.0 Å². The van der Waals surface area contributed by atoms with Crippen LogP contribution in [-0.4, -0.2) is 52.3 Å². The SMILES string of the molecule is CN1C(=O)CC(C(=O)N2CCCC2CC(=O)O)C1c1cccc(Cl)c1. The van der Waals surface area contributed by atoms with Crippen LogP contribution in [0.15, 0.2) is 24.3 Å². The first-order valence-corrected chi connectivity index (χ1v) is 8.79. The Balaban J connectivity index is 1.87. The van der Waals surface area contributed by atoms with E-state index >= 15 is 0 Å². The summed E-state index contributed by atoms with van der Waals surface area (Å²) in [6.07, 6.45) is 1.57. The van der Waals surface area contributed by atoms with Crippen molar-refractivity contribution >= 4 is 29.4 Å². The van der Waals surface area contributed by atoms with Gasteiger partial charge in [-0.15, -0.1) is 0 Å². The highest BCUT2D eigenvalue weighted by Gasteiger charge is 2.46. The zero-order valence-electron chi connectivity index (χ0n) is 14.0. The largest absolute Gasteiger partial charge is 0.481 e. The van der Waals surface area contributed by atoms with E-state index in [-0.39, 0.29) is 36.7 Å². The van der Waals surface area contributed by atoms with Crippen LogP contribution < -0.4 is 0 Å². The molecule has 2 saturated heterocycles. The second-order valence-corrected chi connectivity index (χ2v) is 7.18. The maximum atomic E-state index is 13.1. The summed E-state index contributed by atoms with van der Waals surface area (Å²) < 4.78 is 0. The van der Waals surface area contributed by atoms with Gasteiger partial charge in [-0.3, -0.25) is 14.4 Å². The molecule has 1 N–H and O–H groups in total. The van der Waals surface area contributed by atoms with Crippen molar-refractivity contribution in [3.8, 4) is 0 Å². The van der Waals surface area contributed by atoms with Crippen molar-refractivity contribution in [1.29, 1.82) is 0 Å². The molecule has 0 radical (unpaired) electrons. The minimum Gasteiger partial charge on any atom is -0.481 e. The minimum absolute atomic E-state index is 0.0515. The molecule has 3 rings (SSSR count). The van der Waals surface area contributed by atoms with Crippen LogP contribution in [0.5, 0.6) is 0 Å². The molecule has 1 aromatic carbocycles. The summed E-state index contributed by atoms with van der Waals surface area (Å²) in [5, 5.41) is 9.63. The van der Waals surface area contributed by atoms with E-state index in [1.807, 2.05) is 6.07 Å². The van der Waals surface area contributed by atoms with Crippen molar-refractivity contribution in [3.63, 3.8) is 0 Å².